The lowest BCUT2D eigenvalue weighted by atomic mass is 9.33. The van der Waals surface area contributed by atoms with Gasteiger partial charge in [0.25, 0.3) is 6.71 Å². The number of benzene rings is 10. The molecule has 0 aromatic heterocycles. The van der Waals surface area contributed by atoms with E-state index in [-0.39, 0.29) is 23.8 Å². The number of halogens is 2. The molecule has 0 unspecified atom stereocenters. The van der Waals surface area contributed by atoms with Gasteiger partial charge in [-0.1, -0.05) is 160 Å². The number of hydrogen-bond donors (Lipinski definition) is 0. The number of anilines is 9. The van der Waals surface area contributed by atoms with Crippen molar-refractivity contribution in [1.29, 1.82) is 0 Å². The third kappa shape index (κ3) is 6.67. The minimum Gasteiger partial charge on any atom is -0.311 e. The van der Waals surface area contributed by atoms with Crippen molar-refractivity contribution in [3.8, 4) is 11.1 Å². The second-order valence-electron chi connectivity index (χ2n) is 20.0. The lowest BCUT2D eigenvalue weighted by Crippen LogP contribution is -2.73. The standard InChI is InChI=1S/C64H48BF2N3Si/c1-64(2,3)43-28-33-48(34-29-43)68(46-18-8-4-9-19-46)50-39-59-63-60(40-50)70(47-20-10-5-11-21-47)58-41-54-53-26-16-17-27-61(53)71(51-22-12-6-13-23-51,52-24-14-7-15-25-52)62(54)42-56(58)65(63)55-38-45(67)32-37-57(55)69(59)49-35-30-44(66)31-36-49/h4-42H,1-3H3. The molecular formula is C64H48BF2N3Si. The molecule has 7 heteroatoms. The molecule has 10 aromatic rings. The zero-order valence-electron chi connectivity index (χ0n) is 39.7. The Labute approximate surface area is 415 Å². The quantitative estimate of drug-likeness (QED) is 0.147. The number of para-hydroxylation sites is 2. The summed E-state index contributed by atoms with van der Waals surface area (Å²) in [6, 6.07) is 82.7. The van der Waals surface area contributed by atoms with E-state index in [0.717, 1.165) is 67.6 Å². The second kappa shape index (κ2) is 16.4. The van der Waals surface area contributed by atoms with Crippen molar-refractivity contribution in [1.82, 2.24) is 0 Å². The van der Waals surface area contributed by atoms with Gasteiger partial charge < -0.3 is 14.7 Å². The van der Waals surface area contributed by atoms with Crippen LogP contribution in [0.2, 0.25) is 0 Å². The largest absolute Gasteiger partial charge is 0.311 e. The van der Waals surface area contributed by atoms with Crippen LogP contribution in [0.15, 0.2) is 237 Å². The molecule has 0 N–H and O–H groups in total. The number of fused-ring (bicyclic) bond motifs is 7. The van der Waals surface area contributed by atoms with Crippen LogP contribution in [0.4, 0.5) is 60.0 Å². The van der Waals surface area contributed by atoms with Gasteiger partial charge in [0.1, 0.15) is 11.6 Å². The van der Waals surface area contributed by atoms with Crippen molar-refractivity contribution in [2.45, 2.75) is 26.2 Å². The minimum atomic E-state index is -2.95. The molecule has 71 heavy (non-hydrogen) atoms. The molecule has 0 atom stereocenters. The van der Waals surface area contributed by atoms with Crippen LogP contribution < -0.4 is 51.8 Å². The topological polar surface area (TPSA) is 9.72 Å². The highest BCUT2D eigenvalue weighted by atomic mass is 28.3. The summed E-state index contributed by atoms with van der Waals surface area (Å²) in [6.07, 6.45) is 0. The van der Waals surface area contributed by atoms with E-state index in [2.05, 4.69) is 230 Å². The maximum Gasteiger partial charge on any atom is 0.252 e. The van der Waals surface area contributed by atoms with Crippen molar-refractivity contribution >= 4 is 103 Å². The monoisotopic (exact) mass is 935 g/mol. The Bertz CT molecular complexity index is 3620. The molecule has 340 valence electrons. The van der Waals surface area contributed by atoms with Gasteiger partial charge in [-0.3, -0.25) is 0 Å². The molecule has 3 aliphatic rings. The Hall–Kier alpha value is -8.26. The number of hydrogen-bond acceptors (Lipinski definition) is 3. The predicted octanol–water partition coefficient (Wildman–Crippen LogP) is 12.2. The molecule has 10 aromatic carbocycles. The van der Waals surface area contributed by atoms with E-state index < -0.39 is 8.07 Å². The molecule has 0 saturated heterocycles. The molecule has 0 radical (unpaired) electrons. The highest BCUT2D eigenvalue weighted by Crippen LogP contribution is 2.49. The van der Waals surface area contributed by atoms with E-state index in [0.29, 0.717) is 0 Å². The summed E-state index contributed by atoms with van der Waals surface area (Å²) < 4.78 is 31.3. The average Bonchev–Trinajstić information content (AvgIpc) is 3.69. The van der Waals surface area contributed by atoms with Gasteiger partial charge >= 0.3 is 0 Å². The third-order valence-corrected chi connectivity index (χ3v) is 19.8. The second-order valence-corrected chi connectivity index (χ2v) is 23.7. The Balaban J connectivity index is 1.16. The summed E-state index contributed by atoms with van der Waals surface area (Å²) in [5.74, 6) is -0.632. The van der Waals surface area contributed by atoms with Crippen LogP contribution in [0, 0.1) is 11.6 Å². The first-order valence-corrected chi connectivity index (χ1v) is 26.4. The summed E-state index contributed by atoms with van der Waals surface area (Å²) in [4.78, 5) is 6.98. The van der Waals surface area contributed by atoms with E-state index >= 15 is 4.39 Å². The zero-order chi connectivity index (χ0) is 48.0. The van der Waals surface area contributed by atoms with Gasteiger partial charge in [-0.25, -0.2) is 8.78 Å². The smallest absolute Gasteiger partial charge is 0.252 e. The van der Waals surface area contributed by atoms with Crippen LogP contribution in [-0.2, 0) is 5.41 Å². The van der Waals surface area contributed by atoms with Crippen molar-refractivity contribution in [2.75, 3.05) is 14.7 Å². The molecular weight excluding hydrogens is 888 g/mol. The summed E-state index contributed by atoms with van der Waals surface area (Å²) in [5, 5.41) is 5.30. The molecule has 0 fully saturated rings. The maximum absolute atomic E-state index is 16.3. The molecule has 0 bridgehead atoms. The van der Waals surface area contributed by atoms with Crippen molar-refractivity contribution < 1.29 is 8.78 Å². The minimum absolute atomic E-state index is 0.0295. The first-order valence-electron chi connectivity index (χ1n) is 24.4. The first-order chi connectivity index (χ1) is 34.7. The van der Waals surface area contributed by atoms with Crippen molar-refractivity contribution in [3.05, 3.63) is 254 Å². The van der Waals surface area contributed by atoms with Crippen LogP contribution in [0.25, 0.3) is 11.1 Å². The average molecular weight is 936 g/mol. The van der Waals surface area contributed by atoms with E-state index in [1.165, 1.54) is 49.6 Å². The van der Waals surface area contributed by atoms with Crippen molar-refractivity contribution in [2.24, 2.45) is 0 Å². The summed E-state index contributed by atoms with van der Waals surface area (Å²) >= 11 is 0. The van der Waals surface area contributed by atoms with Gasteiger partial charge in [-0.15, -0.1) is 0 Å². The molecule has 0 aliphatic carbocycles. The molecule has 3 nitrogen and oxygen atoms in total. The van der Waals surface area contributed by atoms with E-state index in [4.69, 9.17) is 0 Å². The Kier molecular flexibility index (Phi) is 9.91. The molecule has 13 rings (SSSR count). The third-order valence-electron chi connectivity index (χ3n) is 15.0. The van der Waals surface area contributed by atoms with Gasteiger partial charge in [-0.2, -0.15) is 0 Å². The van der Waals surface area contributed by atoms with Crippen molar-refractivity contribution in [3.63, 3.8) is 0 Å². The SMILES string of the molecule is CC(C)(C)c1ccc(N(c2ccccc2)c2cc3c4c(c2)N(c2ccccc2)c2cc5c(cc2B4c2cc(F)ccc2N3c2ccc(F)cc2)[Si](c2ccccc2)(c2ccccc2)c2ccccc2-5)cc1. The predicted molar refractivity (Wildman–Crippen MR) is 296 cm³/mol. The van der Waals surface area contributed by atoms with Gasteiger partial charge in [0.15, 0.2) is 8.07 Å². The molecule has 0 saturated carbocycles. The van der Waals surface area contributed by atoms with Crippen LogP contribution in [0.5, 0.6) is 0 Å². The van der Waals surface area contributed by atoms with Gasteiger partial charge in [0.2, 0.25) is 0 Å². The normalized spacial score (nSPS) is 13.7. The Morgan fingerprint density at radius 2 is 0.930 bits per heavy atom. The fraction of sp³-hybridized carbons (Fsp3) is 0.0625. The highest BCUT2D eigenvalue weighted by Gasteiger charge is 2.51. The lowest BCUT2D eigenvalue weighted by molar-refractivity contribution is 0.590. The van der Waals surface area contributed by atoms with Gasteiger partial charge in [0, 0.05) is 45.5 Å². The lowest BCUT2D eigenvalue weighted by Gasteiger charge is -2.45. The number of rotatable bonds is 7. The fourth-order valence-electron chi connectivity index (χ4n) is 11.9. The van der Waals surface area contributed by atoms with Crippen LogP contribution in [0.1, 0.15) is 26.3 Å². The molecule has 3 aliphatic heterocycles. The van der Waals surface area contributed by atoms with Crippen LogP contribution in [-0.4, -0.2) is 14.8 Å². The summed E-state index contributed by atoms with van der Waals surface area (Å²) in [7, 11) is -2.95. The van der Waals surface area contributed by atoms with Gasteiger partial charge in [0.05, 0.1) is 5.69 Å². The Morgan fingerprint density at radius 3 is 1.56 bits per heavy atom. The van der Waals surface area contributed by atoms with E-state index in [1.54, 1.807) is 12.1 Å². The highest BCUT2D eigenvalue weighted by molar-refractivity contribution is 7.22. The summed E-state index contributed by atoms with van der Waals surface area (Å²) in [5.41, 5.74) is 15.2. The van der Waals surface area contributed by atoms with Gasteiger partial charge in [-0.05, 0) is 156 Å². The Morgan fingerprint density at radius 1 is 0.408 bits per heavy atom. The zero-order valence-corrected chi connectivity index (χ0v) is 40.7. The molecule has 3 heterocycles. The first kappa shape index (κ1) is 42.8. The molecule has 0 spiro atoms. The fourth-order valence-corrected chi connectivity index (χ4v) is 17.1. The number of nitrogens with zero attached hydrogens (tertiary/aromatic N) is 3. The molecule has 0 amide bonds. The maximum atomic E-state index is 16.3. The van der Waals surface area contributed by atoms with E-state index in [1.807, 2.05) is 18.2 Å². The summed E-state index contributed by atoms with van der Waals surface area (Å²) in [6.45, 7) is 6.34. The van der Waals surface area contributed by atoms with Crippen LogP contribution >= 0.6 is 0 Å². The van der Waals surface area contributed by atoms with Crippen LogP contribution in [0.3, 0.4) is 0 Å². The van der Waals surface area contributed by atoms with E-state index in [9.17, 15) is 4.39 Å².